The van der Waals surface area contributed by atoms with Crippen molar-refractivity contribution in [2.75, 3.05) is 7.11 Å². The van der Waals surface area contributed by atoms with Crippen LogP contribution in [-0.4, -0.2) is 12.2 Å². The number of phenols is 1. The molecule has 2 unspecified atom stereocenters. The van der Waals surface area contributed by atoms with Gasteiger partial charge in [0.25, 0.3) is 0 Å². The van der Waals surface area contributed by atoms with Crippen LogP contribution in [0.1, 0.15) is 33.1 Å². The number of ether oxygens (including phenoxy) is 1. The number of phenolic OH excluding ortho intramolecular Hbond substituents is 1. The van der Waals surface area contributed by atoms with E-state index >= 15 is 0 Å². The van der Waals surface area contributed by atoms with E-state index in [4.69, 9.17) is 9.84 Å². The Hall–Kier alpha value is -1.44. The molecule has 2 saturated carbocycles. The summed E-state index contributed by atoms with van der Waals surface area (Å²) in [6.45, 7) is 8.91. The maximum absolute atomic E-state index is 8.99. The smallest absolute Gasteiger partial charge is 0.160 e. The van der Waals surface area contributed by atoms with E-state index in [1.807, 2.05) is 0 Å². The average molecular weight is 260 g/mol. The molecule has 104 valence electrons. The molecule has 0 saturated heterocycles. The van der Waals surface area contributed by atoms with Crippen molar-refractivity contribution in [1.29, 1.82) is 0 Å². The Kier molecular flexibility index (Phi) is 3.88. The first kappa shape index (κ1) is 14.0. The van der Waals surface area contributed by atoms with Gasteiger partial charge in [-0.1, -0.05) is 38.1 Å². The molecule has 0 amide bonds. The van der Waals surface area contributed by atoms with Gasteiger partial charge in [-0.3, -0.25) is 0 Å². The van der Waals surface area contributed by atoms with Gasteiger partial charge in [-0.05, 0) is 48.6 Å². The summed E-state index contributed by atoms with van der Waals surface area (Å²) in [6, 6.07) is 6.84. The molecule has 2 nitrogen and oxygen atoms in total. The average Bonchev–Trinajstić information content (AvgIpc) is 2.95. The van der Waals surface area contributed by atoms with E-state index in [1.54, 1.807) is 24.3 Å². The number of hydrogen-bond donors (Lipinski definition) is 1. The van der Waals surface area contributed by atoms with Crippen LogP contribution in [0.25, 0.3) is 0 Å². The van der Waals surface area contributed by atoms with E-state index in [0.717, 1.165) is 11.8 Å². The molecule has 2 atom stereocenters. The second-order valence-electron chi connectivity index (χ2n) is 6.13. The zero-order valence-corrected chi connectivity index (χ0v) is 12.1. The lowest BCUT2D eigenvalue weighted by molar-refractivity contribution is 0.289. The highest BCUT2D eigenvalue weighted by Crippen LogP contribution is 2.58. The molecule has 0 radical (unpaired) electrons. The summed E-state index contributed by atoms with van der Waals surface area (Å²) in [6.07, 6.45) is 4.31. The molecule has 2 aliphatic carbocycles. The minimum absolute atomic E-state index is 0.181. The van der Waals surface area contributed by atoms with Crippen LogP contribution in [0.5, 0.6) is 11.5 Å². The number of hydrogen-bond acceptors (Lipinski definition) is 2. The highest BCUT2D eigenvalue weighted by atomic mass is 16.5. The van der Waals surface area contributed by atoms with Gasteiger partial charge in [-0.2, -0.15) is 0 Å². The Bertz CT molecular complexity index is 462. The number of benzene rings is 1. The highest BCUT2D eigenvalue weighted by molar-refractivity contribution is 5.37. The summed E-state index contributed by atoms with van der Waals surface area (Å²) in [7, 11) is 1.52. The van der Waals surface area contributed by atoms with Crippen LogP contribution in [0.15, 0.2) is 36.4 Å². The van der Waals surface area contributed by atoms with Crippen LogP contribution >= 0.6 is 0 Å². The normalized spacial score (nSPS) is 26.8. The molecule has 0 heterocycles. The van der Waals surface area contributed by atoms with Crippen molar-refractivity contribution in [1.82, 2.24) is 0 Å². The van der Waals surface area contributed by atoms with E-state index < -0.39 is 0 Å². The molecule has 2 aliphatic rings. The third kappa shape index (κ3) is 2.63. The van der Waals surface area contributed by atoms with Gasteiger partial charge in [0.15, 0.2) is 11.5 Å². The Morgan fingerprint density at radius 1 is 1.26 bits per heavy atom. The van der Waals surface area contributed by atoms with Gasteiger partial charge in [-0.25, -0.2) is 0 Å². The molecule has 0 aliphatic heterocycles. The van der Waals surface area contributed by atoms with Gasteiger partial charge in [-0.15, -0.1) is 0 Å². The topological polar surface area (TPSA) is 29.5 Å². The highest BCUT2D eigenvalue weighted by Gasteiger charge is 2.47. The summed E-state index contributed by atoms with van der Waals surface area (Å²) in [5.41, 5.74) is 2.01. The molecular weight excluding hydrogens is 236 g/mol. The minimum Gasteiger partial charge on any atom is -0.504 e. The molecule has 2 heteroatoms. The summed E-state index contributed by atoms with van der Waals surface area (Å²) in [5.74, 6) is 2.54. The second kappa shape index (κ2) is 5.28. The van der Waals surface area contributed by atoms with E-state index in [-0.39, 0.29) is 5.75 Å². The number of rotatable bonds is 1. The van der Waals surface area contributed by atoms with Crippen LogP contribution in [0.4, 0.5) is 0 Å². The number of fused-ring (bicyclic) bond motifs is 2. The van der Waals surface area contributed by atoms with Crippen LogP contribution in [0.3, 0.4) is 0 Å². The first-order valence-corrected chi connectivity index (χ1v) is 6.98. The third-order valence-corrected chi connectivity index (χ3v) is 4.86. The Morgan fingerprint density at radius 3 is 2.32 bits per heavy atom. The minimum atomic E-state index is 0.181. The van der Waals surface area contributed by atoms with Crippen molar-refractivity contribution in [3.05, 3.63) is 36.4 Å². The molecule has 3 rings (SSSR count). The molecule has 19 heavy (non-hydrogen) atoms. The fourth-order valence-electron chi connectivity index (χ4n) is 3.37. The van der Waals surface area contributed by atoms with Crippen molar-refractivity contribution in [2.45, 2.75) is 33.1 Å². The maximum Gasteiger partial charge on any atom is 0.160 e. The molecule has 0 spiro atoms. The fourth-order valence-corrected chi connectivity index (χ4v) is 3.37. The standard InChI is InChI=1S/C10H16.C7H8O2/c1-7-8-4-5-9(6-8)10(7,2)3;1-9-7-5-3-2-4-6(7)8/h8-9H,1,4-6H2,2-3H3;2-5,8H,1H3. The van der Waals surface area contributed by atoms with E-state index in [1.165, 1.54) is 31.9 Å². The van der Waals surface area contributed by atoms with Crippen molar-refractivity contribution >= 4 is 0 Å². The van der Waals surface area contributed by atoms with Crippen molar-refractivity contribution in [3.63, 3.8) is 0 Å². The van der Waals surface area contributed by atoms with Crippen LogP contribution < -0.4 is 4.74 Å². The zero-order chi connectivity index (χ0) is 14.0. The molecule has 1 aromatic carbocycles. The first-order chi connectivity index (χ1) is 8.96. The fraction of sp³-hybridized carbons (Fsp3) is 0.529. The third-order valence-electron chi connectivity index (χ3n) is 4.86. The first-order valence-electron chi connectivity index (χ1n) is 6.98. The van der Waals surface area contributed by atoms with Crippen LogP contribution in [0.2, 0.25) is 0 Å². The lowest BCUT2D eigenvalue weighted by atomic mass is 9.73. The van der Waals surface area contributed by atoms with Gasteiger partial charge < -0.3 is 9.84 Å². The predicted molar refractivity (Wildman–Crippen MR) is 78.4 cm³/mol. The molecule has 0 aromatic heterocycles. The maximum atomic E-state index is 8.99. The van der Waals surface area contributed by atoms with Gasteiger partial charge in [0.1, 0.15) is 0 Å². The molecule has 2 fully saturated rings. The zero-order valence-electron chi connectivity index (χ0n) is 12.1. The lowest BCUT2D eigenvalue weighted by Crippen LogP contribution is -2.21. The monoisotopic (exact) mass is 260 g/mol. The lowest BCUT2D eigenvalue weighted by Gasteiger charge is -2.31. The second-order valence-corrected chi connectivity index (χ2v) is 6.13. The SMILES string of the molecule is C=C1C2CCC(C2)C1(C)C.COc1ccccc1O. The Balaban J connectivity index is 0.000000141. The Morgan fingerprint density at radius 2 is 1.95 bits per heavy atom. The van der Waals surface area contributed by atoms with Gasteiger partial charge in [0.05, 0.1) is 7.11 Å². The number of allylic oxidation sites excluding steroid dienone is 1. The van der Waals surface area contributed by atoms with Gasteiger partial charge in [0.2, 0.25) is 0 Å². The Labute approximate surface area is 116 Å². The molecule has 1 N–H and O–H groups in total. The quantitative estimate of drug-likeness (QED) is 0.758. The summed E-state index contributed by atoms with van der Waals surface area (Å²) >= 11 is 0. The van der Waals surface area contributed by atoms with Crippen molar-refractivity contribution in [2.24, 2.45) is 17.3 Å². The molecule has 1 aromatic rings. The molecular formula is C17H24O2. The van der Waals surface area contributed by atoms with Crippen molar-refractivity contribution < 1.29 is 9.84 Å². The summed E-state index contributed by atoms with van der Waals surface area (Å²) in [4.78, 5) is 0. The summed E-state index contributed by atoms with van der Waals surface area (Å²) in [5, 5.41) is 8.99. The van der Waals surface area contributed by atoms with Crippen LogP contribution in [0, 0.1) is 17.3 Å². The van der Waals surface area contributed by atoms with E-state index in [2.05, 4.69) is 20.4 Å². The largest absolute Gasteiger partial charge is 0.504 e. The number of para-hydroxylation sites is 2. The summed E-state index contributed by atoms with van der Waals surface area (Å²) < 4.78 is 4.79. The number of methoxy groups -OCH3 is 1. The predicted octanol–water partition coefficient (Wildman–Crippen LogP) is 4.40. The van der Waals surface area contributed by atoms with E-state index in [9.17, 15) is 0 Å². The van der Waals surface area contributed by atoms with E-state index in [0.29, 0.717) is 11.2 Å². The van der Waals surface area contributed by atoms with Gasteiger partial charge in [0, 0.05) is 0 Å². The number of aromatic hydroxyl groups is 1. The van der Waals surface area contributed by atoms with Gasteiger partial charge >= 0.3 is 0 Å². The van der Waals surface area contributed by atoms with Crippen molar-refractivity contribution in [3.8, 4) is 11.5 Å². The molecule has 2 bridgehead atoms. The van der Waals surface area contributed by atoms with Crippen LogP contribution in [-0.2, 0) is 0 Å².